The zero-order valence-electron chi connectivity index (χ0n) is 13.9. The van der Waals surface area contributed by atoms with Crippen molar-refractivity contribution in [1.29, 1.82) is 0 Å². The van der Waals surface area contributed by atoms with Crippen LogP contribution in [0.25, 0.3) is 0 Å². The molecule has 1 atom stereocenters. The van der Waals surface area contributed by atoms with Crippen LogP contribution in [0.1, 0.15) is 45.8 Å². The lowest BCUT2D eigenvalue weighted by Crippen LogP contribution is -2.59. The monoisotopic (exact) mass is 356 g/mol. The number of carbonyl (C=O) groups excluding carboxylic acids is 2. The first-order valence-corrected chi connectivity index (χ1v) is 9.46. The number of likely N-dealkylation sites (tertiary alicyclic amines) is 1. The van der Waals surface area contributed by atoms with Gasteiger partial charge in [0, 0.05) is 31.5 Å². The van der Waals surface area contributed by atoms with E-state index in [9.17, 15) is 9.59 Å². The maximum atomic E-state index is 12.5. The molecule has 0 radical (unpaired) electrons. The Morgan fingerprint density at radius 1 is 1.24 bits per heavy atom. The lowest BCUT2D eigenvalue weighted by Gasteiger charge is -2.54. The van der Waals surface area contributed by atoms with Crippen molar-refractivity contribution in [1.82, 2.24) is 20.2 Å². The molecule has 2 aromatic heterocycles. The highest BCUT2D eigenvalue weighted by atomic mass is 32.1. The normalized spacial score (nSPS) is 21.6. The predicted molar refractivity (Wildman–Crippen MR) is 94.4 cm³/mol. The van der Waals surface area contributed by atoms with Crippen LogP contribution in [0, 0.1) is 5.41 Å². The Hall–Kier alpha value is -2.28. The zero-order chi connectivity index (χ0) is 17.3. The summed E-state index contributed by atoms with van der Waals surface area (Å²) in [5, 5.41) is 5.06. The standard InChI is InChI=1S/C18H20N4O2S/c23-16(13-12-19-7-8-20-13)21-15-3-4-18(15)5-9-22(10-6-18)17(24)14-2-1-11-25-14/h1-2,7-8,11-12,15H,3-6,9-10H2,(H,21,23). The molecular weight excluding hydrogens is 336 g/mol. The summed E-state index contributed by atoms with van der Waals surface area (Å²) in [7, 11) is 0. The van der Waals surface area contributed by atoms with Crippen LogP contribution in [0.5, 0.6) is 0 Å². The van der Waals surface area contributed by atoms with Gasteiger partial charge in [0.2, 0.25) is 0 Å². The smallest absolute Gasteiger partial charge is 0.271 e. The maximum absolute atomic E-state index is 12.5. The molecule has 1 N–H and O–H groups in total. The Morgan fingerprint density at radius 3 is 2.68 bits per heavy atom. The minimum absolute atomic E-state index is 0.129. The Morgan fingerprint density at radius 2 is 2.08 bits per heavy atom. The molecule has 0 bridgehead atoms. The van der Waals surface area contributed by atoms with E-state index in [1.54, 1.807) is 6.20 Å². The molecule has 1 unspecified atom stereocenters. The van der Waals surface area contributed by atoms with Crippen molar-refractivity contribution in [3.63, 3.8) is 0 Å². The molecule has 1 saturated carbocycles. The van der Waals surface area contributed by atoms with Gasteiger partial charge in [0.05, 0.1) is 11.1 Å². The molecule has 1 saturated heterocycles. The summed E-state index contributed by atoms with van der Waals surface area (Å²) >= 11 is 1.49. The molecule has 2 aliphatic rings. The lowest BCUT2D eigenvalue weighted by molar-refractivity contribution is -0.00225. The van der Waals surface area contributed by atoms with Crippen LogP contribution < -0.4 is 5.32 Å². The van der Waals surface area contributed by atoms with Gasteiger partial charge < -0.3 is 10.2 Å². The number of nitrogens with one attached hydrogen (secondary N) is 1. The first kappa shape index (κ1) is 16.2. The fourth-order valence-corrected chi connectivity index (χ4v) is 4.57. The average molecular weight is 356 g/mol. The van der Waals surface area contributed by atoms with Gasteiger partial charge in [-0.25, -0.2) is 4.98 Å². The summed E-state index contributed by atoms with van der Waals surface area (Å²) in [4.78, 5) is 35.6. The molecule has 2 aromatic rings. The van der Waals surface area contributed by atoms with Gasteiger partial charge in [-0.05, 0) is 42.5 Å². The van der Waals surface area contributed by atoms with Crippen LogP contribution in [0.4, 0.5) is 0 Å². The van der Waals surface area contributed by atoms with Gasteiger partial charge in [-0.3, -0.25) is 14.6 Å². The Bertz CT molecular complexity index is 755. The molecular formula is C18H20N4O2S. The van der Waals surface area contributed by atoms with E-state index < -0.39 is 0 Å². The van der Waals surface area contributed by atoms with E-state index in [0.717, 1.165) is 43.6 Å². The molecule has 25 heavy (non-hydrogen) atoms. The van der Waals surface area contributed by atoms with Crippen molar-refractivity contribution in [2.45, 2.75) is 31.7 Å². The maximum Gasteiger partial charge on any atom is 0.271 e. The second-order valence-corrected chi connectivity index (χ2v) is 7.73. The van der Waals surface area contributed by atoms with Crippen LogP contribution >= 0.6 is 11.3 Å². The van der Waals surface area contributed by atoms with Gasteiger partial charge in [-0.1, -0.05) is 6.07 Å². The highest BCUT2D eigenvalue weighted by Crippen LogP contribution is 2.49. The van der Waals surface area contributed by atoms with Crippen LogP contribution in [-0.2, 0) is 0 Å². The van der Waals surface area contributed by atoms with Crippen LogP contribution in [0.3, 0.4) is 0 Å². The summed E-state index contributed by atoms with van der Waals surface area (Å²) in [5.41, 5.74) is 0.485. The molecule has 2 amide bonds. The van der Waals surface area contributed by atoms with Crippen LogP contribution in [0.2, 0.25) is 0 Å². The van der Waals surface area contributed by atoms with Gasteiger partial charge >= 0.3 is 0 Å². The van der Waals surface area contributed by atoms with Gasteiger partial charge in [-0.2, -0.15) is 0 Å². The minimum atomic E-state index is -0.158. The summed E-state index contributed by atoms with van der Waals surface area (Å²) in [6.45, 7) is 1.52. The second kappa shape index (κ2) is 6.55. The number of piperidine rings is 1. The average Bonchev–Trinajstić information content (AvgIpc) is 3.20. The van der Waals surface area contributed by atoms with Gasteiger partial charge in [0.25, 0.3) is 11.8 Å². The number of hydrogen-bond donors (Lipinski definition) is 1. The molecule has 6 nitrogen and oxygen atoms in total. The van der Waals surface area contributed by atoms with Crippen LogP contribution in [-0.4, -0.2) is 45.8 Å². The van der Waals surface area contributed by atoms with Crippen molar-refractivity contribution in [3.05, 3.63) is 46.7 Å². The molecule has 4 rings (SSSR count). The van der Waals surface area contributed by atoms with Gasteiger partial charge in [-0.15, -0.1) is 11.3 Å². The molecule has 1 spiro atoms. The first-order chi connectivity index (χ1) is 12.2. The summed E-state index contributed by atoms with van der Waals surface area (Å²) in [5.74, 6) is -0.0291. The Balaban J connectivity index is 1.36. The molecule has 3 heterocycles. The van der Waals surface area contributed by atoms with E-state index in [1.165, 1.54) is 23.7 Å². The van der Waals surface area contributed by atoms with E-state index >= 15 is 0 Å². The molecule has 7 heteroatoms. The molecule has 1 aliphatic heterocycles. The number of hydrogen-bond acceptors (Lipinski definition) is 5. The molecule has 130 valence electrons. The fourth-order valence-electron chi connectivity index (χ4n) is 3.88. The Labute approximate surface area is 150 Å². The van der Waals surface area contributed by atoms with E-state index in [0.29, 0.717) is 5.69 Å². The van der Waals surface area contributed by atoms with Crippen molar-refractivity contribution in [3.8, 4) is 0 Å². The largest absolute Gasteiger partial charge is 0.347 e. The summed E-state index contributed by atoms with van der Waals surface area (Å²) in [6.07, 6.45) is 8.56. The number of rotatable bonds is 3. The third-order valence-corrected chi connectivity index (χ3v) is 6.41. The quantitative estimate of drug-likeness (QED) is 0.916. The summed E-state index contributed by atoms with van der Waals surface area (Å²) in [6, 6.07) is 3.96. The van der Waals surface area contributed by atoms with Crippen molar-refractivity contribution < 1.29 is 9.59 Å². The number of aromatic nitrogens is 2. The molecule has 0 aromatic carbocycles. The van der Waals surface area contributed by atoms with Crippen molar-refractivity contribution in [2.75, 3.05) is 13.1 Å². The predicted octanol–water partition coefficient (Wildman–Crippen LogP) is 2.35. The van der Waals surface area contributed by atoms with E-state index in [4.69, 9.17) is 0 Å². The highest BCUT2D eigenvalue weighted by Gasteiger charge is 2.49. The SMILES string of the molecule is O=C(NC1CCC12CCN(C(=O)c1cccs1)CC2)c1cnccn1. The zero-order valence-corrected chi connectivity index (χ0v) is 14.7. The van der Waals surface area contributed by atoms with Crippen LogP contribution in [0.15, 0.2) is 36.1 Å². The number of thiophene rings is 1. The lowest BCUT2D eigenvalue weighted by atomic mass is 9.59. The topological polar surface area (TPSA) is 75.2 Å². The van der Waals surface area contributed by atoms with E-state index in [-0.39, 0.29) is 23.3 Å². The Kier molecular flexibility index (Phi) is 4.25. The third kappa shape index (κ3) is 3.04. The minimum Gasteiger partial charge on any atom is -0.347 e. The second-order valence-electron chi connectivity index (χ2n) is 6.79. The first-order valence-electron chi connectivity index (χ1n) is 8.58. The van der Waals surface area contributed by atoms with E-state index in [1.807, 2.05) is 22.4 Å². The van der Waals surface area contributed by atoms with Gasteiger partial charge in [0.15, 0.2) is 0 Å². The van der Waals surface area contributed by atoms with Gasteiger partial charge in [0.1, 0.15) is 5.69 Å². The van der Waals surface area contributed by atoms with Crippen molar-refractivity contribution >= 4 is 23.2 Å². The molecule has 1 aliphatic carbocycles. The molecule has 2 fully saturated rings. The number of carbonyl (C=O) groups is 2. The number of nitrogens with zero attached hydrogens (tertiary/aromatic N) is 3. The summed E-state index contributed by atoms with van der Waals surface area (Å²) < 4.78 is 0. The number of amides is 2. The fraction of sp³-hybridized carbons (Fsp3) is 0.444. The highest BCUT2D eigenvalue weighted by molar-refractivity contribution is 7.12. The van der Waals surface area contributed by atoms with E-state index in [2.05, 4.69) is 15.3 Å². The van der Waals surface area contributed by atoms with Crippen molar-refractivity contribution in [2.24, 2.45) is 5.41 Å². The third-order valence-electron chi connectivity index (χ3n) is 5.55.